The molecule has 0 atom stereocenters. The molecule has 0 saturated carbocycles. The minimum absolute atomic E-state index is 0.212. The number of rotatable bonds is 6. The van der Waals surface area contributed by atoms with E-state index in [0.717, 1.165) is 65.3 Å². The van der Waals surface area contributed by atoms with Crippen molar-refractivity contribution in [1.29, 1.82) is 0 Å². The van der Waals surface area contributed by atoms with Gasteiger partial charge in [0, 0.05) is 58.9 Å². The van der Waals surface area contributed by atoms with Crippen molar-refractivity contribution in [2.45, 2.75) is 0 Å². The van der Waals surface area contributed by atoms with Gasteiger partial charge >= 0.3 is 0 Å². The molecule has 2 heterocycles. The SMILES string of the molecule is O=CN1CCN(CC(=O)N2CCN(C/C=C/c3ccccc3)CC2)CC1. The van der Waals surface area contributed by atoms with Gasteiger partial charge in [-0.3, -0.25) is 19.4 Å². The molecule has 2 amide bonds. The van der Waals surface area contributed by atoms with E-state index < -0.39 is 0 Å². The molecule has 0 aromatic heterocycles. The van der Waals surface area contributed by atoms with Crippen molar-refractivity contribution in [3.63, 3.8) is 0 Å². The molecule has 2 aliphatic heterocycles. The average Bonchev–Trinajstić information content (AvgIpc) is 2.70. The normalized spacial score (nSPS) is 19.8. The van der Waals surface area contributed by atoms with Gasteiger partial charge in [0.2, 0.25) is 12.3 Å². The van der Waals surface area contributed by atoms with Crippen molar-refractivity contribution in [3.8, 4) is 0 Å². The van der Waals surface area contributed by atoms with E-state index in [9.17, 15) is 9.59 Å². The van der Waals surface area contributed by atoms with Crippen LogP contribution in [0.25, 0.3) is 6.08 Å². The maximum atomic E-state index is 12.5. The van der Waals surface area contributed by atoms with Crippen LogP contribution in [0.1, 0.15) is 5.56 Å². The summed E-state index contributed by atoms with van der Waals surface area (Å²) in [5.41, 5.74) is 1.22. The van der Waals surface area contributed by atoms with Crippen LogP contribution in [0.15, 0.2) is 36.4 Å². The Kier molecular flexibility index (Phi) is 6.80. The molecule has 0 aliphatic carbocycles. The van der Waals surface area contributed by atoms with Crippen LogP contribution in [0.3, 0.4) is 0 Å². The highest BCUT2D eigenvalue weighted by Gasteiger charge is 2.23. The van der Waals surface area contributed by atoms with Crippen molar-refractivity contribution in [2.24, 2.45) is 0 Å². The summed E-state index contributed by atoms with van der Waals surface area (Å²) in [5.74, 6) is 0.212. The standard InChI is InChI=1S/C20H28N4O2/c25-18-23-11-9-22(10-12-23)17-20(26)24-15-13-21(14-16-24)8-4-7-19-5-2-1-3-6-19/h1-7,18H,8-17H2/b7-4+. The number of carbonyl (C=O) groups is 2. The van der Waals surface area contributed by atoms with Gasteiger partial charge in [-0.25, -0.2) is 0 Å². The summed E-state index contributed by atoms with van der Waals surface area (Å²) < 4.78 is 0. The maximum Gasteiger partial charge on any atom is 0.236 e. The lowest BCUT2D eigenvalue weighted by atomic mass is 10.2. The molecule has 0 radical (unpaired) electrons. The summed E-state index contributed by atoms with van der Waals surface area (Å²) in [7, 11) is 0. The third kappa shape index (κ3) is 5.41. The molecule has 140 valence electrons. The number of hydrogen-bond donors (Lipinski definition) is 0. The van der Waals surface area contributed by atoms with Crippen LogP contribution in [-0.4, -0.2) is 97.4 Å². The van der Waals surface area contributed by atoms with Crippen LogP contribution >= 0.6 is 0 Å². The zero-order valence-electron chi connectivity index (χ0n) is 15.3. The minimum atomic E-state index is 0.212. The molecule has 2 aliphatic rings. The molecule has 1 aromatic carbocycles. The smallest absolute Gasteiger partial charge is 0.236 e. The van der Waals surface area contributed by atoms with Gasteiger partial charge in [0.1, 0.15) is 0 Å². The minimum Gasteiger partial charge on any atom is -0.343 e. The molecule has 6 heteroatoms. The van der Waals surface area contributed by atoms with Crippen LogP contribution in [0.2, 0.25) is 0 Å². The first-order chi connectivity index (χ1) is 12.7. The topological polar surface area (TPSA) is 47.1 Å². The highest BCUT2D eigenvalue weighted by Crippen LogP contribution is 2.06. The van der Waals surface area contributed by atoms with Gasteiger partial charge in [0.15, 0.2) is 0 Å². The number of benzene rings is 1. The maximum absolute atomic E-state index is 12.5. The lowest BCUT2D eigenvalue weighted by Crippen LogP contribution is -2.53. The first kappa shape index (κ1) is 18.6. The Hall–Kier alpha value is -2.18. The molecule has 0 N–H and O–H groups in total. The quantitative estimate of drug-likeness (QED) is 0.701. The van der Waals surface area contributed by atoms with Crippen molar-refractivity contribution >= 4 is 18.4 Å². The number of amides is 2. The van der Waals surface area contributed by atoms with Gasteiger partial charge < -0.3 is 9.80 Å². The summed E-state index contributed by atoms with van der Waals surface area (Å²) in [5, 5.41) is 0. The fourth-order valence-electron chi connectivity index (χ4n) is 3.40. The summed E-state index contributed by atoms with van der Waals surface area (Å²) >= 11 is 0. The Labute approximate surface area is 155 Å². The van der Waals surface area contributed by atoms with Crippen LogP contribution < -0.4 is 0 Å². The van der Waals surface area contributed by atoms with E-state index in [2.05, 4.69) is 34.1 Å². The van der Waals surface area contributed by atoms with Crippen LogP contribution in [0.5, 0.6) is 0 Å². The molecular formula is C20H28N4O2. The van der Waals surface area contributed by atoms with Crippen LogP contribution in [-0.2, 0) is 9.59 Å². The van der Waals surface area contributed by atoms with E-state index in [4.69, 9.17) is 0 Å². The average molecular weight is 356 g/mol. The van der Waals surface area contributed by atoms with Gasteiger partial charge in [-0.05, 0) is 5.56 Å². The molecular weight excluding hydrogens is 328 g/mol. The van der Waals surface area contributed by atoms with E-state index in [-0.39, 0.29) is 5.91 Å². The third-order valence-corrected chi connectivity index (χ3v) is 5.11. The van der Waals surface area contributed by atoms with E-state index in [1.165, 1.54) is 5.56 Å². The lowest BCUT2D eigenvalue weighted by Gasteiger charge is -2.37. The summed E-state index contributed by atoms with van der Waals surface area (Å²) in [4.78, 5) is 31.5. The number of hydrogen-bond acceptors (Lipinski definition) is 4. The second-order valence-corrected chi connectivity index (χ2v) is 6.91. The monoisotopic (exact) mass is 356 g/mol. The Balaban J connectivity index is 1.36. The van der Waals surface area contributed by atoms with Gasteiger partial charge in [0.05, 0.1) is 6.54 Å². The fraction of sp³-hybridized carbons (Fsp3) is 0.500. The number of carbonyl (C=O) groups excluding carboxylic acids is 2. The molecule has 0 bridgehead atoms. The predicted octanol–water partition coefficient (Wildman–Crippen LogP) is 0.618. The number of piperazine rings is 2. The molecule has 3 rings (SSSR count). The number of nitrogens with zero attached hydrogens (tertiary/aromatic N) is 4. The van der Waals surface area contributed by atoms with Crippen molar-refractivity contribution in [1.82, 2.24) is 19.6 Å². The summed E-state index contributed by atoms with van der Waals surface area (Å²) in [6.45, 7) is 7.84. The zero-order chi connectivity index (χ0) is 18.2. The van der Waals surface area contributed by atoms with Crippen molar-refractivity contribution in [2.75, 3.05) is 65.4 Å². The highest BCUT2D eigenvalue weighted by atomic mass is 16.2. The first-order valence-corrected chi connectivity index (χ1v) is 9.38. The molecule has 1 aromatic rings. The van der Waals surface area contributed by atoms with Gasteiger partial charge in [0.25, 0.3) is 0 Å². The molecule has 0 unspecified atom stereocenters. The predicted molar refractivity (Wildman–Crippen MR) is 103 cm³/mol. The van der Waals surface area contributed by atoms with Crippen LogP contribution in [0, 0.1) is 0 Å². The Bertz CT molecular complexity index is 603. The molecule has 6 nitrogen and oxygen atoms in total. The van der Waals surface area contributed by atoms with Gasteiger partial charge in [-0.2, -0.15) is 0 Å². The summed E-state index contributed by atoms with van der Waals surface area (Å²) in [6.07, 6.45) is 5.24. The lowest BCUT2D eigenvalue weighted by molar-refractivity contribution is -0.134. The van der Waals surface area contributed by atoms with Gasteiger partial charge in [-0.15, -0.1) is 0 Å². The Morgan fingerprint density at radius 2 is 1.54 bits per heavy atom. The van der Waals surface area contributed by atoms with Crippen molar-refractivity contribution < 1.29 is 9.59 Å². The van der Waals surface area contributed by atoms with Crippen molar-refractivity contribution in [3.05, 3.63) is 42.0 Å². The molecule has 2 fully saturated rings. The Morgan fingerprint density at radius 3 is 2.19 bits per heavy atom. The second-order valence-electron chi connectivity index (χ2n) is 6.91. The van der Waals surface area contributed by atoms with Crippen LogP contribution in [0.4, 0.5) is 0 Å². The van der Waals surface area contributed by atoms with E-state index in [0.29, 0.717) is 6.54 Å². The van der Waals surface area contributed by atoms with E-state index in [1.807, 2.05) is 23.1 Å². The third-order valence-electron chi connectivity index (χ3n) is 5.11. The second kappa shape index (κ2) is 9.50. The molecule has 0 spiro atoms. The Morgan fingerprint density at radius 1 is 0.885 bits per heavy atom. The fourth-order valence-corrected chi connectivity index (χ4v) is 3.40. The first-order valence-electron chi connectivity index (χ1n) is 9.38. The summed E-state index contributed by atoms with van der Waals surface area (Å²) in [6, 6.07) is 10.3. The van der Waals surface area contributed by atoms with Gasteiger partial charge in [-0.1, -0.05) is 42.5 Å². The van der Waals surface area contributed by atoms with E-state index in [1.54, 1.807) is 4.90 Å². The molecule has 2 saturated heterocycles. The molecule has 26 heavy (non-hydrogen) atoms. The highest BCUT2D eigenvalue weighted by molar-refractivity contribution is 5.78. The largest absolute Gasteiger partial charge is 0.343 e. The zero-order valence-corrected chi connectivity index (χ0v) is 15.3. The van der Waals surface area contributed by atoms with E-state index >= 15 is 0 Å².